The van der Waals surface area contributed by atoms with Gasteiger partial charge in [0, 0.05) is 11.4 Å². The molecule has 24 heavy (non-hydrogen) atoms. The summed E-state index contributed by atoms with van der Waals surface area (Å²) in [6.45, 7) is 0.536. The highest BCUT2D eigenvalue weighted by molar-refractivity contribution is 7.17. The molecule has 6 heteroatoms. The molecule has 0 unspecified atom stereocenters. The average Bonchev–Trinajstić information content (AvgIpc) is 3.15. The van der Waals surface area contributed by atoms with Crippen LogP contribution in [0.5, 0.6) is 0 Å². The number of esters is 1. The Hall–Kier alpha value is -2.34. The molecular formula is C18H20N2O3S. The van der Waals surface area contributed by atoms with Crippen molar-refractivity contribution in [2.45, 2.75) is 25.7 Å². The van der Waals surface area contributed by atoms with Crippen LogP contribution < -0.4 is 10.6 Å². The zero-order valence-corrected chi connectivity index (χ0v) is 14.4. The standard InChI is InChI=1S/C18H20N2O3S/c1-23-17(21)15-13-8-5-9-14(13)24-16(15)20-18(22)19-11-10-12-6-3-2-4-7-12/h2-4,6-7H,5,8-11H2,1H3,(H2,19,20,22). The van der Waals surface area contributed by atoms with Gasteiger partial charge in [0.25, 0.3) is 0 Å². The maximum atomic E-state index is 12.1. The molecular weight excluding hydrogens is 324 g/mol. The minimum Gasteiger partial charge on any atom is -0.465 e. The fourth-order valence-corrected chi connectivity index (χ4v) is 4.20. The Labute approximate surface area is 145 Å². The van der Waals surface area contributed by atoms with E-state index < -0.39 is 0 Å². The molecule has 0 aliphatic heterocycles. The number of thiophene rings is 1. The van der Waals surface area contributed by atoms with E-state index in [0.29, 0.717) is 17.1 Å². The molecule has 1 aromatic carbocycles. The summed E-state index contributed by atoms with van der Waals surface area (Å²) in [6.07, 6.45) is 3.64. The summed E-state index contributed by atoms with van der Waals surface area (Å²) >= 11 is 1.48. The smallest absolute Gasteiger partial charge is 0.341 e. The summed E-state index contributed by atoms with van der Waals surface area (Å²) < 4.78 is 4.88. The molecule has 1 aliphatic carbocycles. The number of methoxy groups -OCH3 is 1. The first-order chi connectivity index (χ1) is 11.7. The highest BCUT2D eigenvalue weighted by atomic mass is 32.1. The van der Waals surface area contributed by atoms with Gasteiger partial charge in [-0.3, -0.25) is 5.32 Å². The lowest BCUT2D eigenvalue weighted by atomic mass is 10.1. The van der Waals surface area contributed by atoms with Crippen LogP contribution >= 0.6 is 11.3 Å². The van der Waals surface area contributed by atoms with Gasteiger partial charge in [0.2, 0.25) is 0 Å². The molecule has 0 saturated heterocycles. The number of hydrogen-bond acceptors (Lipinski definition) is 4. The first kappa shape index (κ1) is 16.5. The molecule has 2 aromatic rings. The van der Waals surface area contributed by atoms with E-state index in [2.05, 4.69) is 10.6 Å². The number of nitrogens with one attached hydrogen (secondary N) is 2. The minimum absolute atomic E-state index is 0.295. The third kappa shape index (κ3) is 3.59. The lowest BCUT2D eigenvalue weighted by molar-refractivity contribution is 0.0601. The molecule has 0 saturated carbocycles. The van der Waals surface area contributed by atoms with Gasteiger partial charge < -0.3 is 10.1 Å². The van der Waals surface area contributed by atoms with Crippen molar-refractivity contribution < 1.29 is 14.3 Å². The largest absolute Gasteiger partial charge is 0.465 e. The average molecular weight is 344 g/mol. The SMILES string of the molecule is COC(=O)c1c(NC(=O)NCCc2ccccc2)sc2c1CCC2. The van der Waals surface area contributed by atoms with E-state index in [-0.39, 0.29) is 12.0 Å². The van der Waals surface area contributed by atoms with Gasteiger partial charge in [0.1, 0.15) is 5.00 Å². The van der Waals surface area contributed by atoms with Crippen molar-refractivity contribution in [1.29, 1.82) is 0 Å². The molecule has 1 aromatic heterocycles. The second-order valence-electron chi connectivity index (χ2n) is 5.67. The number of carbonyl (C=O) groups excluding carboxylic acids is 2. The fourth-order valence-electron chi connectivity index (χ4n) is 2.92. The van der Waals surface area contributed by atoms with Crippen LogP contribution in [0, 0.1) is 0 Å². The minimum atomic E-state index is -0.381. The van der Waals surface area contributed by atoms with Gasteiger partial charge in [0.05, 0.1) is 12.7 Å². The first-order valence-electron chi connectivity index (χ1n) is 8.00. The molecule has 3 rings (SSSR count). The molecule has 2 amide bonds. The Balaban J connectivity index is 1.61. The van der Waals surface area contributed by atoms with Crippen LogP contribution in [0.25, 0.3) is 0 Å². The number of aryl methyl sites for hydroxylation is 1. The molecule has 126 valence electrons. The van der Waals surface area contributed by atoms with Crippen molar-refractivity contribution >= 4 is 28.3 Å². The van der Waals surface area contributed by atoms with Crippen molar-refractivity contribution in [1.82, 2.24) is 5.32 Å². The Morgan fingerprint density at radius 2 is 2.00 bits per heavy atom. The number of anilines is 1. The van der Waals surface area contributed by atoms with Crippen LogP contribution in [0.2, 0.25) is 0 Å². The van der Waals surface area contributed by atoms with Crippen molar-refractivity contribution in [3.63, 3.8) is 0 Å². The molecule has 5 nitrogen and oxygen atoms in total. The Morgan fingerprint density at radius 3 is 2.75 bits per heavy atom. The van der Waals surface area contributed by atoms with Gasteiger partial charge in [-0.15, -0.1) is 11.3 Å². The van der Waals surface area contributed by atoms with E-state index >= 15 is 0 Å². The van der Waals surface area contributed by atoms with Crippen molar-refractivity contribution in [2.75, 3.05) is 19.0 Å². The normalized spacial score (nSPS) is 12.5. The monoisotopic (exact) mass is 344 g/mol. The van der Waals surface area contributed by atoms with Crippen molar-refractivity contribution in [2.24, 2.45) is 0 Å². The van der Waals surface area contributed by atoms with Crippen LogP contribution in [0.3, 0.4) is 0 Å². The summed E-state index contributed by atoms with van der Waals surface area (Å²) in [4.78, 5) is 25.3. The first-order valence-corrected chi connectivity index (χ1v) is 8.82. The molecule has 0 spiro atoms. The molecule has 0 fully saturated rings. The van der Waals surface area contributed by atoms with E-state index in [1.165, 1.54) is 28.9 Å². The predicted octanol–water partition coefficient (Wildman–Crippen LogP) is 3.39. The fraction of sp³-hybridized carbons (Fsp3) is 0.333. The van der Waals surface area contributed by atoms with Crippen LogP contribution in [0.15, 0.2) is 30.3 Å². The van der Waals surface area contributed by atoms with Crippen LogP contribution in [-0.2, 0) is 24.0 Å². The van der Waals surface area contributed by atoms with Crippen molar-refractivity contribution in [3.05, 3.63) is 51.9 Å². The molecule has 0 atom stereocenters. The second-order valence-corrected chi connectivity index (χ2v) is 6.77. The second kappa shape index (κ2) is 7.49. The molecule has 0 bridgehead atoms. The molecule has 1 heterocycles. The van der Waals surface area contributed by atoms with E-state index in [1.54, 1.807) is 0 Å². The maximum absolute atomic E-state index is 12.1. The number of rotatable bonds is 5. The number of benzene rings is 1. The molecule has 1 aliphatic rings. The lowest BCUT2D eigenvalue weighted by Crippen LogP contribution is -2.30. The molecule has 2 N–H and O–H groups in total. The zero-order valence-electron chi connectivity index (χ0n) is 13.6. The highest BCUT2D eigenvalue weighted by Crippen LogP contribution is 2.39. The van der Waals surface area contributed by atoms with Crippen LogP contribution in [0.4, 0.5) is 9.80 Å². The van der Waals surface area contributed by atoms with Crippen LogP contribution in [0.1, 0.15) is 32.8 Å². The number of urea groups is 1. The quantitative estimate of drug-likeness (QED) is 0.817. The van der Waals surface area contributed by atoms with Gasteiger partial charge >= 0.3 is 12.0 Å². The van der Waals surface area contributed by atoms with Gasteiger partial charge in [-0.05, 0) is 36.8 Å². The maximum Gasteiger partial charge on any atom is 0.341 e. The van der Waals surface area contributed by atoms with E-state index in [0.717, 1.165) is 31.2 Å². The summed E-state index contributed by atoms with van der Waals surface area (Å²) in [5, 5.41) is 6.23. The summed E-state index contributed by atoms with van der Waals surface area (Å²) in [6, 6.07) is 9.68. The van der Waals surface area contributed by atoms with Gasteiger partial charge in [-0.1, -0.05) is 30.3 Å². The third-order valence-electron chi connectivity index (χ3n) is 4.08. The number of carbonyl (C=O) groups is 2. The summed E-state index contributed by atoms with van der Waals surface area (Å²) in [7, 11) is 1.37. The Morgan fingerprint density at radius 1 is 1.21 bits per heavy atom. The summed E-state index contributed by atoms with van der Waals surface area (Å²) in [5.74, 6) is -0.381. The van der Waals surface area contributed by atoms with Crippen LogP contribution in [-0.4, -0.2) is 25.7 Å². The third-order valence-corrected chi connectivity index (χ3v) is 5.29. The number of ether oxygens (including phenoxy) is 1. The Kier molecular flexibility index (Phi) is 5.15. The lowest BCUT2D eigenvalue weighted by Gasteiger charge is -2.08. The molecule has 0 radical (unpaired) electrons. The zero-order chi connectivity index (χ0) is 16.9. The summed E-state index contributed by atoms with van der Waals surface area (Å²) in [5.41, 5.74) is 2.72. The van der Waals surface area contributed by atoms with Crippen molar-refractivity contribution in [3.8, 4) is 0 Å². The van der Waals surface area contributed by atoms with E-state index in [4.69, 9.17) is 4.74 Å². The highest BCUT2D eigenvalue weighted by Gasteiger charge is 2.27. The van der Waals surface area contributed by atoms with Gasteiger partial charge in [-0.2, -0.15) is 0 Å². The number of fused-ring (bicyclic) bond motifs is 1. The Bertz CT molecular complexity index is 740. The topological polar surface area (TPSA) is 67.4 Å². The number of amides is 2. The van der Waals surface area contributed by atoms with E-state index in [9.17, 15) is 9.59 Å². The predicted molar refractivity (Wildman–Crippen MR) is 94.9 cm³/mol. The van der Waals surface area contributed by atoms with Gasteiger partial charge in [0.15, 0.2) is 0 Å². The van der Waals surface area contributed by atoms with Gasteiger partial charge in [-0.25, -0.2) is 9.59 Å². The number of hydrogen-bond donors (Lipinski definition) is 2. The van der Waals surface area contributed by atoms with E-state index in [1.807, 2.05) is 30.3 Å².